The van der Waals surface area contributed by atoms with E-state index in [9.17, 15) is 0 Å². The Hall–Kier alpha value is -1.32. The molecule has 0 saturated heterocycles. The fraction of sp³-hybridized carbons (Fsp3) is 0.714. The molecule has 4 nitrogen and oxygen atoms in total. The third-order valence-corrected chi connectivity index (χ3v) is 3.84. The van der Waals surface area contributed by atoms with E-state index in [1.807, 2.05) is 0 Å². The number of nitrogens with zero attached hydrogens (tertiary/aromatic N) is 2. The molecule has 0 bridgehead atoms. The van der Waals surface area contributed by atoms with E-state index in [0.717, 1.165) is 18.3 Å². The largest absolute Gasteiger partial charge is 0.384 e. The van der Waals surface area contributed by atoms with Crippen molar-refractivity contribution in [1.29, 1.82) is 0 Å². The van der Waals surface area contributed by atoms with Crippen LogP contribution in [0.2, 0.25) is 0 Å². The smallest absolute Gasteiger partial charge is 0.131 e. The van der Waals surface area contributed by atoms with Crippen LogP contribution in [-0.4, -0.2) is 16.5 Å². The minimum Gasteiger partial charge on any atom is -0.384 e. The Labute approximate surface area is 109 Å². The van der Waals surface area contributed by atoms with Gasteiger partial charge in [-0.2, -0.15) is 0 Å². The van der Waals surface area contributed by atoms with Crippen molar-refractivity contribution < 1.29 is 0 Å². The molecule has 1 saturated carbocycles. The van der Waals surface area contributed by atoms with Crippen molar-refractivity contribution in [3.63, 3.8) is 0 Å². The SMILES string of the molecule is CC(C)CC1(CNc2cc(N)ncn2)CCCC1. The Morgan fingerprint density at radius 1 is 1.33 bits per heavy atom. The molecule has 0 atom stereocenters. The lowest BCUT2D eigenvalue weighted by molar-refractivity contribution is 0.252. The average Bonchev–Trinajstić information content (AvgIpc) is 2.75. The molecule has 0 radical (unpaired) electrons. The lowest BCUT2D eigenvalue weighted by Crippen LogP contribution is -2.28. The zero-order valence-electron chi connectivity index (χ0n) is 11.4. The number of aromatic nitrogens is 2. The predicted molar refractivity (Wildman–Crippen MR) is 75.3 cm³/mol. The van der Waals surface area contributed by atoms with E-state index >= 15 is 0 Å². The second-order valence-corrected chi connectivity index (χ2v) is 5.99. The average molecular weight is 248 g/mol. The van der Waals surface area contributed by atoms with Crippen LogP contribution in [0.25, 0.3) is 0 Å². The molecule has 2 rings (SSSR count). The summed E-state index contributed by atoms with van der Waals surface area (Å²) in [6.07, 6.45) is 8.19. The van der Waals surface area contributed by atoms with E-state index in [4.69, 9.17) is 5.73 Å². The first-order chi connectivity index (χ1) is 8.60. The molecule has 0 amide bonds. The highest BCUT2D eigenvalue weighted by molar-refractivity contribution is 5.43. The highest BCUT2D eigenvalue weighted by Gasteiger charge is 2.34. The first kappa shape index (κ1) is 13.1. The number of nitrogens with two attached hydrogens (primary N) is 1. The van der Waals surface area contributed by atoms with Crippen molar-refractivity contribution in [2.24, 2.45) is 11.3 Å². The van der Waals surface area contributed by atoms with E-state index in [2.05, 4.69) is 29.1 Å². The summed E-state index contributed by atoms with van der Waals surface area (Å²) < 4.78 is 0. The summed E-state index contributed by atoms with van der Waals surface area (Å²) in [5.74, 6) is 2.12. The van der Waals surface area contributed by atoms with Crippen molar-refractivity contribution in [3.05, 3.63) is 12.4 Å². The fourth-order valence-electron chi connectivity index (χ4n) is 3.19. The van der Waals surface area contributed by atoms with E-state index in [1.54, 1.807) is 6.07 Å². The van der Waals surface area contributed by atoms with E-state index in [1.165, 1.54) is 38.4 Å². The molecule has 100 valence electrons. The lowest BCUT2D eigenvalue weighted by atomic mass is 9.78. The van der Waals surface area contributed by atoms with Gasteiger partial charge in [0, 0.05) is 12.6 Å². The van der Waals surface area contributed by atoms with Crippen LogP contribution in [0.15, 0.2) is 12.4 Å². The number of hydrogen-bond donors (Lipinski definition) is 2. The van der Waals surface area contributed by atoms with Crippen LogP contribution in [0.4, 0.5) is 11.6 Å². The Kier molecular flexibility index (Phi) is 4.04. The fourth-order valence-corrected chi connectivity index (χ4v) is 3.19. The van der Waals surface area contributed by atoms with Gasteiger partial charge in [-0.3, -0.25) is 0 Å². The molecule has 1 aliphatic rings. The Morgan fingerprint density at radius 3 is 2.67 bits per heavy atom. The summed E-state index contributed by atoms with van der Waals surface area (Å²) in [4.78, 5) is 8.12. The molecular weight excluding hydrogens is 224 g/mol. The summed E-state index contributed by atoms with van der Waals surface area (Å²) in [5.41, 5.74) is 6.12. The number of nitrogens with one attached hydrogen (secondary N) is 1. The molecule has 1 aromatic heterocycles. The number of anilines is 2. The molecule has 1 aliphatic carbocycles. The van der Waals surface area contributed by atoms with Crippen LogP contribution in [0, 0.1) is 11.3 Å². The molecule has 0 spiro atoms. The van der Waals surface area contributed by atoms with Crippen molar-refractivity contribution in [1.82, 2.24) is 9.97 Å². The summed E-state index contributed by atoms with van der Waals surface area (Å²) in [6.45, 7) is 5.62. The summed E-state index contributed by atoms with van der Waals surface area (Å²) in [5, 5.41) is 3.44. The molecule has 1 aromatic rings. The van der Waals surface area contributed by atoms with Crippen LogP contribution in [-0.2, 0) is 0 Å². The van der Waals surface area contributed by atoms with Gasteiger partial charge in [0.2, 0.25) is 0 Å². The monoisotopic (exact) mass is 248 g/mol. The standard InChI is InChI=1S/C14H24N4/c1-11(2)8-14(5-3-4-6-14)9-16-13-7-12(15)17-10-18-13/h7,10-11H,3-6,8-9H2,1-2H3,(H3,15,16,17,18). The van der Waals surface area contributed by atoms with Crippen molar-refractivity contribution in [2.45, 2.75) is 46.0 Å². The summed E-state index contributed by atoms with van der Waals surface area (Å²) in [6, 6.07) is 1.80. The van der Waals surface area contributed by atoms with Crippen LogP contribution >= 0.6 is 0 Å². The topological polar surface area (TPSA) is 63.8 Å². The predicted octanol–water partition coefficient (Wildman–Crippen LogP) is 3.08. The minimum absolute atomic E-state index is 0.452. The lowest BCUT2D eigenvalue weighted by Gasteiger charge is -2.31. The molecule has 3 N–H and O–H groups in total. The second-order valence-electron chi connectivity index (χ2n) is 5.99. The maximum absolute atomic E-state index is 5.66. The van der Waals surface area contributed by atoms with E-state index < -0.39 is 0 Å². The maximum atomic E-state index is 5.66. The van der Waals surface area contributed by atoms with Crippen LogP contribution in [0.5, 0.6) is 0 Å². The zero-order valence-corrected chi connectivity index (χ0v) is 11.4. The van der Waals surface area contributed by atoms with Gasteiger partial charge in [0.1, 0.15) is 18.0 Å². The van der Waals surface area contributed by atoms with E-state index in [-0.39, 0.29) is 0 Å². The Bertz CT molecular complexity index is 383. The summed E-state index contributed by atoms with van der Waals surface area (Å²) >= 11 is 0. The molecule has 18 heavy (non-hydrogen) atoms. The first-order valence-corrected chi connectivity index (χ1v) is 6.91. The molecule has 0 aliphatic heterocycles. The molecule has 1 fully saturated rings. The third kappa shape index (κ3) is 3.34. The van der Waals surface area contributed by atoms with Gasteiger partial charge >= 0.3 is 0 Å². The van der Waals surface area contributed by atoms with Gasteiger partial charge in [-0.1, -0.05) is 26.7 Å². The number of nitrogen functional groups attached to an aromatic ring is 1. The van der Waals surface area contributed by atoms with Crippen molar-refractivity contribution in [3.8, 4) is 0 Å². The Balaban J connectivity index is 1.97. The van der Waals surface area contributed by atoms with Crippen LogP contribution < -0.4 is 11.1 Å². The van der Waals surface area contributed by atoms with Gasteiger partial charge < -0.3 is 11.1 Å². The van der Waals surface area contributed by atoms with Gasteiger partial charge in [0.05, 0.1) is 0 Å². The molecule has 4 heteroatoms. The quantitative estimate of drug-likeness (QED) is 0.840. The normalized spacial score (nSPS) is 18.2. The van der Waals surface area contributed by atoms with Crippen molar-refractivity contribution in [2.75, 3.05) is 17.6 Å². The highest BCUT2D eigenvalue weighted by atomic mass is 15.0. The highest BCUT2D eigenvalue weighted by Crippen LogP contribution is 2.43. The third-order valence-electron chi connectivity index (χ3n) is 3.84. The van der Waals surface area contributed by atoms with E-state index in [0.29, 0.717) is 11.2 Å². The first-order valence-electron chi connectivity index (χ1n) is 6.91. The van der Waals surface area contributed by atoms with Crippen molar-refractivity contribution >= 4 is 11.6 Å². The molecule has 1 heterocycles. The molecule has 0 aromatic carbocycles. The minimum atomic E-state index is 0.452. The van der Waals surface area contributed by atoms with Gasteiger partial charge in [-0.15, -0.1) is 0 Å². The maximum Gasteiger partial charge on any atom is 0.131 e. The Morgan fingerprint density at radius 2 is 2.06 bits per heavy atom. The van der Waals surface area contributed by atoms with Gasteiger partial charge in [0.15, 0.2) is 0 Å². The van der Waals surface area contributed by atoms with Gasteiger partial charge in [0.25, 0.3) is 0 Å². The van der Waals surface area contributed by atoms with Crippen LogP contribution in [0.3, 0.4) is 0 Å². The molecular formula is C14H24N4. The number of hydrogen-bond acceptors (Lipinski definition) is 4. The van der Waals surface area contributed by atoms with Gasteiger partial charge in [-0.05, 0) is 30.6 Å². The van der Waals surface area contributed by atoms with Crippen LogP contribution in [0.1, 0.15) is 46.0 Å². The zero-order chi connectivity index (χ0) is 13.0. The number of rotatable bonds is 5. The summed E-state index contributed by atoms with van der Waals surface area (Å²) in [7, 11) is 0. The second kappa shape index (κ2) is 5.55. The molecule has 0 unspecified atom stereocenters. The van der Waals surface area contributed by atoms with Gasteiger partial charge in [-0.25, -0.2) is 9.97 Å².